The first-order chi connectivity index (χ1) is 10.2. The van der Waals surface area contributed by atoms with Gasteiger partial charge in [0, 0.05) is 0 Å². The van der Waals surface area contributed by atoms with Crippen LogP contribution in [0.15, 0.2) is 0 Å². The monoisotopic (exact) mass is 328 g/mol. The molecule has 0 saturated heterocycles. The Kier molecular flexibility index (Phi) is 8.51. The van der Waals surface area contributed by atoms with Gasteiger partial charge < -0.3 is 14.2 Å². The molecule has 0 aliphatic heterocycles. The Labute approximate surface area is 125 Å². The van der Waals surface area contributed by atoms with Gasteiger partial charge >= 0.3 is 24.1 Å². The molecule has 0 amide bonds. The van der Waals surface area contributed by atoms with E-state index in [0.717, 1.165) is 0 Å². The van der Waals surface area contributed by atoms with Crippen LogP contribution in [-0.2, 0) is 28.6 Å². The molecule has 1 unspecified atom stereocenters. The standard InChI is InChI=1S/C13H19F3O6/c1-4-20-9(17)7-8(13(14,15)16)10(11(18)21-5-2)12(19)22-6-3/h8,10H,4-7H2,1-3H3. The van der Waals surface area contributed by atoms with E-state index in [-0.39, 0.29) is 19.8 Å². The number of carbonyl (C=O) groups excluding carboxylic acids is 3. The van der Waals surface area contributed by atoms with Crippen LogP contribution in [0.5, 0.6) is 0 Å². The minimum Gasteiger partial charge on any atom is -0.466 e. The average Bonchev–Trinajstić information content (AvgIpc) is 2.37. The Bertz CT molecular complexity index is 376. The smallest absolute Gasteiger partial charge is 0.393 e. The van der Waals surface area contributed by atoms with Crippen LogP contribution in [0, 0.1) is 11.8 Å². The Morgan fingerprint density at radius 1 is 0.864 bits per heavy atom. The number of halogens is 3. The molecular weight excluding hydrogens is 309 g/mol. The highest BCUT2D eigenvalue weighted by atomic mass is 19.4. The van der Waals surface area contributed by atoms with Gasteiger partial charge in [-0.25, -0.2) is 0 Å². The van der Waals surface area contributed by atoms with Crippen LogP contribution in [0.3, 0.4) is 0 Å². The highest BCUT2D eigenvalue weighted by molar-refractivity contribution is 5.95. The Hall–Kier alpha value is -1.80. The van der Waals surface area contributed by atoms with Crippen molar-refractivity contribution in [3.05, 3.63) is 0 Å². The van der Waals surface area contributed by atoms with E-state index >= 15 is 0 Å². The van der Waals surface area contributed by atoms with E-state index in [0.29, 0.717) is 0 Å². The van der Waals surface area contributed by atoms with Crippen molar-refractivity contribution in [2.24, 2.45) is 11.8 Å². The third-order valence-electron chi connectivity index (χ3n) is 2.60. The highest BCUT2D eigenvalue weighted by Crippen LogP contribution is 2.36. The second kappa shape index (κ2) is 9.26. The summed E-state index contributed by atoms with van der Waals surface area (Å²) in [6.45, 7) is 3.65. The van der Waals surface area contributed by atoms with Crippen LogP contribution in [0.25, 0.3) is 0 Å². The maximum atomic E-state index is 13.1. The number of carbonyl (C=O) groups is 3. The van der Waals surface area contributed by atoms with Gasteiger partial charge in [-0.3, -0.25) is 14.4 Å². The minimum atomic E-state index is -4.98. The molecular formula is C13H19F3O6. The van der Waals surface area contributed by atoms with Crippen molar-refractivity contribution in [3.63, 3.8) is 0 Å². The molecule has 9 heteroatoms. The quantitative estimate of drug-likeness (QED) is 0.384. The van der Waals surface area contributed by atoms with Crippen LogP contribution < -0.4 is 0 Å². The van der Waals surface area contributed by atoms with Crippen LogP contribution in [-0.4, -0.2) is 43.9 Å². The second-order valence-electron chi connectivity index (χ2n) is 4.14. The molecule has 0 aromatic heterocycles. The summed E-state index contributed by atoms with van der Waals surface area (Å²) in [5, 5.41) is 0. The molecule has 0 spiro atoms. The lowest BCUT2D eigenvalue weighted by Crippen LogP contribution is -2.42. The van der Waals surface area contributed by atoms with Crippen LogP contribution in [0.2, 0.25) is 0 Å². The first-order valence-corrected chi connectivity index (χ1v) is 6.74. The zero-order valence-electron chi connectivity index (χ0n) is 12.6. The molecule has 0 heterocycles. The highest BCUT2D eigenvalue weighted by Gasteiger charge is 2.53. The molecule has 6 nitrogen and oxygen atoms in total. The third kappa shape index (κ3) is 6.31. The lowest BCUT2D eigenvalue weighted by Gasteiger charge is -2.25. The fourth-order valence-corrected chi connectivity index (χ4v) is 1.71. The first kappa shape index (κ1) is 20.2. The summed E-state index contributed by atoms with van der Waals surface area (Å²) in [7, 11) is 0. The van der Waals surface area contributed by atoms with Gasteiger partial charge in [-0.05, 0) is 20.8 Å². The third-order valence-corrected chi connectivity index (χ3v) is 2.60. The molecule has 1 atom stereocenters. The zero-order valence-corrected chi connectivity index (χ0v) is 12.6. The molecule has 0 aromatic carbocycles. The molecule has 0 aliphatic rings. The molecule has 0 saturated carbocycles. The number of ether oxygens (including phenoxy) is 3. The summed E-state index contributed by atoms with van der Waals surface area (Å²) in [6, 6.07) is 0. The summed E-state index contributed by atoms with van der Waals surface area (Å²) < 4.78 is 52.9. The van der Waals surface area contributed by atoms with E-state index in [1.165, 1.54) is 20.8 Å². The fraction of sp³-hybridized carbons (Fsp3) is 0.769. The Morgan fingerprint density at radius 2 is 1.27 bits per heavy atom. The van der Waals surface area contributed by atoms with E-state index in [1.807, 2.05) is 0 Å². The van der Waals surface area contributed by atoms with E-state index in [9.17, 15) is 27.6 Å². The molecule has 0 rings (SSSR count). The number of hydrogen-bond donors (Lipinski definition) is 0. The number of esters is 3. The van der Waals surface area contributed by atoms with Gasteiger partial charge in [0.1, 0.15) is 0 Å². The van der Waals surface area contributed by atoms with Crippen molar-refractivity contribution in [1.29, 1.82) is 0 Å². The average molecular weight is 328 g/mol. The topological polar surface area (TPSA) is 78.9 Å². The molecule has 0 radical (unpaired) electrons. The minimum absolute atomic E-state index is 0.118. The summed E-state index contributed by atoms with van der Waals surface area (Å²) >= 11 is 0. The Balaban J connectivity index is 5.48. The van der Waals surface area contributed by atoms with Crippen LogP contribution in [0.1, 0.15) is 27.2 Å². The maximum Gasteiger partial charge on any atom is 0.393 e. The molecule has 0 aromatic rings. The normalized spacial score (nSPS) is 12.7. The number of rotatable bonds is 8. The van der Waals surface area contributed by atoms with E-state index in [2.05, 4.69) is 14.2 Å². The second-order valence-corrected chi connectivity index (χ2v) is 4.14. The molecule has 0 fully saturated rings. The molecule has 0 N–H and O–H groups in total. The van der Waals surface area contributed by atoms with Crippen molar-refractivity contribution in [1.82, 2.24) is 0 Å². The predicted octanol–water partition coefficient (Wildman–Crippen LogP) is 1.86. The summed E-state index contributed by atoms with van der Waals surface area (Å²) in [5.41, 5.74) is 0. The first-order valence-electron chi connectivity index (χ1n) is 6.74. The van der Waals surface area contributed by atoms with E-state index in [1.54, 1.807) is 0 Å². The van der Waals surface area contributed by atoms with Crippen LogP contribution >= 0.6 is 0 Å². The number of hydrogen-bond acceptors (Lipinski definition) is 6. The van der Waals surface area contributed by atoms with Gasteiger partial charge in [0.25, 0.3) is 0 Å². The lowest BCUT2D eigenvalue weighted by atomic mass is 9.88. The van der Waals surface area contributed by atoms with Crippen molar-refractivity contribution in [2.75, 3.05) is 19.8 Å². The van der Waals surface area contributed by atoms with E-state index < -0.39 is 42.3 Å². The van der Waals surface area contributed by atoms with Gasteiger partial charge in [0.05, 0.1) is 32.2 Å². The van der Waals surface area contributed by atoms with Gasteiger partial charge in [-0.1, -0.05) is 0 Å². The van der Waals surface area contributed by atoms with Crippen molar-refractivity contribution in [3.8, 4) is 0 Å². The van der Waals surface area contributed by atoms with Gasteiger partial charge in [-0.2, -0.15) is 13.2 Å². The van der Waals surface area contributed by atoms with E-state index in [4.69, 9.17) is 0 Å². The van der Waals surface area contributed by atoms with Gasteiger partial charge in [0.2, 0.25) is 0 Å². The molecule has 22 heavy (non-hydrogen) atoms. The maximum absolute atomic E-state index is 13.1. The lowest BCUT2D eigenvalue weighted by molar-refractivity contribution is -0.209. The van der Waals surface area contributed by atoms with Gasteiger partial charge in [-0.15, -0.1) is 0 Å². The Morgan fingerprint density at radius 3 is 1.59 bits per heavy atom. The largest absolute Gasteiger partial charge is 0.466 e. The molecule has 0 aliphatic carbocycles. The summed E-state index contributed by atoms with van der Waals surface area (Å²) in [4.78, 5) is 34.8. The van der Waals surface area contributed by atoms with Crippen LogP contribution in [0.4, 0.5) is 13.2 Å². The zero-order chi connectivity index (χ0) is 17.3. The number of alkyl halides is 3. The van der Waals surface area contributed by atoms with Crippen molar-refractivity contribution < 1.29 is 41.8 Å². The summed E-state index contributed by atoms with van der Waals surface area (Å²) in [5.74, 6) is -8.75. The van der Waals surface area contributed by atoms with Crippen molar-refractivity contribution >= 4 is 17.9 Å². The van der Waals surface area contributed by atoms with Crippen molar-refractivity contribution in [2.45, 2.75) is 33.4 Å². The summed E-state index contributed by atoms with van der Waals surface area (Å²) in [6.07, 6.45) is -6.14. The fourth-order valence-electron chi connectivity index (χ4n) is 1.71. The predicted molar refractivity (Wildman–Crippen MR) is 67.6 cm³/mol. The SMILES string of the molecule is CCOC(=O)CC(C(C(=O)OCC)C(=O)OCC)C(F)(F)F. The van der Waals surface area contributed by atoms with Gasteiger partial charge in [0.15, 0.2) is 5.92 Å². The molecule has 0 bridgehead atoms. The molecule has 128 valence electrons.